The first kappa shape index (κ1) is 18.7. The van der Waals surface area contributed by atoms with Gasteiger partial charge in [-0.1, -0.05) is 6.07 Å². The summed E-state index contributed by atoms with van der Waals surface area (Å²) in [6.07, 6.45) is -4.38. The van der Waals surface area contributed by atoms with Crippen LogP contribution in [-0.2, 0) is 9.59 Å². The number of amides is 3. The molecule has 0 bridgehead atoms. The second-order valence-electron chi connectivity index (χ2n) is 6.25. The first-order valence-electron chi connectivity index (χ1n) is 8.28. The number of carbonyl (C=O) groups excluding carboxylic acids is 3. The maximum Gasteiger partial charge on any atom is 0.471 e. The van der Waals surface area contributed by atoms with E-state index < -0.39 is 24.0 Å². The largest absolute Gasteiger partial charge is 0.471 e. The minimum atomic E-state index is -4.98. The molecule has 1 unspecified atom stereocenters. The summed E-state index contributed by atoms with van der Waals surface area (Å²) in [6, 6.07) is 2.44. The molecule has 3 amide bonds. The van der Waals surface area contributed by atoms with Gasteiger partial charge in [0.1, 0.15) is 6.04 Å². The van der Waals surface area contributed by atoms with Gasteiger partial charge in [0.2, 0.25) is 5.91 Å². The van der Waals surface area contributed by atoms with Crippen LogP contribution in [0, 0.1) is 0 Å². The standard InChI is InChI=1S/C16H18F3N3O3S/c17-16(18,19)15(25)22-5-1-3-11(22)13(23)20-6-8-21(9-7-20)14(24)12-4-2-10-26-12/h2,4,10-11H,1,3,5-9H2. The molecule has 0 aliphatic carbocycles. The van der Waals surface area contributed by atoms with Crippen LogP contribution in [0.25, 0.3) is 0 Å². The molecule has 2 saturated heterocycles. The third-order valence-corrected chi connectivity index (χ3v) is 5.51. The van der Waals surface area contributed by atoms with Crippen LogP contribution in [0.5, 0.6) is 0 Å². The van der Waals surface area contributed by atoms with Crippen molar-refractivity contribution in [1.82, 2.24) is 14.7 Å². The van der Waals surface area contributed by atoms with Crippen LogP contribution in [0.3, 0.4) is 0 Å². The third-order valence-electron chi connectivity index (χ3n) is 4.65. The molecule has 2 fully saturated rings. The third kappa shape index (κ3) is 3.69. The predicted octanol–water partition coefficient (Wildman–Crippen LogP) is 1.59. The number of hydrogen-bond acceptors (Lipinski definition) is 4. The molecule has 1 aromatic heterocycles. The van der Waals surface area contributed by atoms with E-state index in [1.807, 2.05) is 0 Å². The van der Waals surface area contributed by atoms with Gasteiger partial charge in [-0.3, -0.25) is 14.4 Å². The highest BCUT2D eigenvalue weighted by atomic mass is 32.1. The molecule has 0 spiro atoms. The lowest BCUT2D eigenvalue weighted by Gasteiger charge is -2.37. The fraction of sp³-hybridized carbons (Fsp3) is 0.562. The number of rotatable bonds is 2. The molecule has 0 saturated carbocycles. The summed E-state index contributed by atoms with van der Waals surface area (Å²) in [5.41, 5.74) is 0. The van der Waals surface area contributed by atoms with Crippen LogP contribution in [-0.4, -0.2) is 77.4 Å². The molecule has 2 aliphatic rings. The Hall–Kier alpha value is -2.10. The maximum atomic E-state index is 12.7. The maximum absolute atomic E-state index is 12.7. The molecule has 0 N–H and O–H groups in total. The quantitative estimate of drug-likeness (QED) is 0.772. The van der Waals surface area contributed by atoms with Gasteiger partial charge in [-0.15, -0.1) is 11.3 Å². The molecule has 3 heterocycles. The molecule has 0 aromatic carbocycles. The summed E-state index contributed by atoms with van der Waals surface area (Å²) in [5.74, 6) is -2.54. The topological polar surface area (TPSA) is 60.9 Å². The zero-order valence-corrected chi connectivity index (χ0v) is 14.7. The van der Waals surface area contributed by atoms with Gasteiger partial charge >= 0.3 is 12.1 Å². The van der Waals surface area contributed by atoms with Gasteiger partial charge < -0.3 is 14.7 Å². The Kier molecular flexibility index (Phi) is 5.22. The molecule has 3 rings (SSSR count). The van der Waals surface area contributed by atoms with E-state index in [9.17, 15) is 27.6 Å². The summed E-state index contributed by atoms with van der Waals surface area (Å²) >= 11 is 1.34. The highest BCUT2D eigenvalue weighted by Crippen LogP contribution is 2.27. The van der Waals surface area contributed by atoms with Crippen molar-refractivity contribution >= 4 is 29.1 Å². The second-order valence-corrected chi connectivity index (χ2v) is 7.20. The fourth-order valence-corrected chi connectivity index (χ4v) is 4.02. The number of likely N-dealkylation sites (tertiary alicyclic amines) is 1. The van der Waals surface area contributed by atoms with Gasteiger partial charge in [0.25, 0.3) is 5.91 Å². The molecule has 10 heteroatoms. The highest BCUT2D eigenvalue weighted by Gasteiger charge is 2.48. The van der Waals surface area contributed by atoms with E-state index in [0.29, 0.717) is 29.3 Å². The second kappa shape index (κ2) is 7.26. The van der Waals surface area contributed by atoms with Gasteiger partial charge in [0.15, 0.2) is 0 Å². The Morgan fingerprint density at radius 2 is 1.69 bits per heavy atom. The molecule has 0 radical (unpaired) electrons. The first-order valence-corrected chi connectivity index (χ1v) is 9.16. The van der Waals surface area contributed by atoms with E-state index in [-0.39, 0.29) is 32.0 Å². The molecule has 26 heavy (non-hydrogen) atoms. The summed E-state index contributed by atoms with van der Waals surface area (Å²) < 4.78 is 38.1. The van der Waals surface area contributed by atoms with Crippen LogP contribution in [0.15, 0.2) is 17.5 Å². The lowest BCUT2D eigenvalue weighted by Crippen LogP contribution is -2.56. The molecule has 1 atom stereocenters. The fourth-order valence-electron chi connectivity index (χ4n) is 3.33. The highest BCUT2D eigenvalue weighted by molar-refractivity contribution is 7.12. The molecule has 142 valence electrons. The number of alkyl halides is 3. The Morgan fingerprint density at radius 1 is 1.04 bits per heavy atom. The summed E-state index contributed by atoms with van der Waals surface area (Å²) in [4.78, 5) is 40.7. The number of piperazine rings is 1. The number of carbonyl (C=O) groups is 3. The van der Waals surface area contributed by atoms with Gasteiger partial charge in [-0.05, 0) is 24.3 Å². The minimum absolute atomic E-state index is 0.0639. The minimum Gasteiger partial charge on any atom is -0.337 e. The monoisotopic (exact) mass is 389 g/mol. The van der Waals surface area contributed by atoms with Gasteiger partial charge in [0.05, 0.1) is 4.88 Å². The lowest BCUT2D eigenvalue weighted by molar-refractivity contribution is -0.187. The van der Waals surface area contributed by atoms with Crippen molar-refractivity contribution in [2.75, 3.05) is 32.7 Å². The molecule has 1 aromatic rings. The van der Waals surface area contributed by atoms with Crippen molar-refractivity contribution in [2.45, 2.75) is 25.1 Å². The van der Waals surface area contributed by atoms with E-state index in [1.165, 1.54) is 16.2 Å². The van der Waals surface area contributed by atoms with Crippen molar-refractivity contribution in [3.8, 4) is 0 Å². The van der Waals surface area contributed by atoms with Gasteiger partial charge in [0, 0.05) is 32.7 Å². The number of halogens is 3. The van der Waals surface area contributed by atoms with Crippen molar-refractivity contribution in [1.29, 1.82) is 0 Å². The van der Waals surface area contributed by atoms with Crippen LogP contribution >= 0.6 is 11.3 Å². The Morgan fingerprint density at radius 3 is 2.27 bits per heavy atom. The number of thiophene rings is 1. The van der Waals surface area contributed by atoms with Crippen molar-refractivity contribution in [3.63, 3.8) is 0 Å². The molecule has 6 nitrogen and oxygen atoms in total. The van der Waals surface area contributed by atoms with E-state index in [1.54, 1.807) is 22.4 Å². The van der Waals surface area contributed by atoms with Crippen LogP contribution < -0.4 is 0 Å². The van der Waals surface area contributed by atoms with Crippen LogP contribution in [0.1, 0.15) is 22.5 Å². The average Bonchev–Trinajstić information content (AvgIpc) is 3.30. The Labute approximate surface area is 152 Å². The normalized spacial score (nSPS) is 21.2. The molecule has 2 aliphatic heterocycles. The SMILES string of the molecule is O=C(c1cccs1)N1CCN(C(=O)C2CCCN2C(=O)C(F)(F)F)CC1. The average molecular weight is 389 g/mol. The van der Waals surface area contributed by atoms with E-state index in [2.05, 4.69) is 0 Å². The van der Waals surface area contributed by atoms with Gasteiger partial charge in [-0.25, -0.2) is 0 Å². The van der Waals surface area contributed by atoms with E-state index in [4.69, 9.17) is 0 Å². The summed E-state index contributed by atoms with van der Waals surface area (Å²) in [7, 11) is 0. The molecular weight excluding hydrogens is 371 g/mol. The van der Waals surface area contributed by atoms with Gasteiger partial charge in [-0.2, -0.15) is 13.2 Å². The number of hydrogen-bond donors (Lipinski definition) is 0. The number of nitrogens with zero attached hydrogens (tertiary/aromatic N) is 3. The zero-order chi connectivity index (χ0) is 18.9. The van der Waals surface area contributed by atoms with Crippen molar-refractivity contribution in [3.05, 3.63) is 22.4 Å². The molecular formula is C16H18F3N3O3S. The predicted molar refractivity (Wildman–Crippen MR) is 87.6 cm³/mol. The smallest absolute Gasteiger partial charge is 0.337 e. The van der Waals surface area contributed by atoms with Crippen molar-refractivity contribution < 1.29 is 27.6 Å². The van der Waals surface area contributed by atoms with Crippen LogP contribution in [0.2, 0.25) is 0 Å². The summed E-state index contributed by atoms with van der Waals surface area (Å²) in [5, 5.41) is 1.80. The van der Waals surface area contributed by atoms with Crippen molar-refractivity contribution in [2.24, 2.45) is 0 Å². The Balaban J connectivity index is 1.59. The first-order chi connectivity index (χ1) is 12.3. The van der Waals surface area contributed by atoms with E-state index in [0.717, 1.165) is 0 Å². The Bertz CT molecular complexity index is 685. The van der Waals surface area contributed by atoms with E-state index >= 15 is 0 Å². The van der Waals surface area contributed by atoms with Crippen LogP contribution in [0.4, 0.5) is 13.2 Å². The lowest BCUT2D eigenvalue weighted by atomic mass is 10.1. The summed E-state index contributed by atoms with van der Waals surface area (Å²) in [6.45, 7) is 1.08. The zero-order valence-electron chi connectivity index (χ0n) is 13.9.